The molecule has 1 saturated heterocycles. The number of fused-ring (bicyclic) bond motifs is 1. The average molecular weight is 506 g/mol. The summed E-state index contributed by atoms with van der Waals surface area (Å²) in [6.07, 6.45) is 0. The van der Waals surface area contributed by atoms with E-state index >= 15 is 0 Å². The SMILES string of the molecule is COc1ccccc1-c1nn2c(=O)cc(CN3CCN(C(=O)COc4cccc(C)c4)CC3)nc2s1. The fourth-order valence-corrected chi connectivity index (χ4v) is 5.15. The van der Waals surface area contributed by atoms with Crippen molar-refractivity contribution in [1.29, 1.82) is 0 Å². The number of nitrogens with zero attached hydrogens (tertiary/aromatic N) is 5. The number of aromatic nitrogens is 3. The third-order valence-corrected chi connectivity index (χ3v) is 7.04. The molecule has 2 aromatic heterocycles. The fourth-order valence-electron chi connectivity index (χ4n) is 4.19. The Balaban J connectivity index is 1.21. The number of hydrogen-bond donors (Lipinski definition) is 0. The average Bonchev–Trinajstić information content (AvgIpc) is 3.32. The van der Waals surface area contributed by atoms with Gasteiger partial charge in [-0.25, -0.2) is 4.98 Å². The lowest BCUT2D eigenvalue weighted by Gasteiger charge is -2.34. The van der Waals surface area contributed by atoms with Gasteiger partial charge in [-0.2, -0.15) is 9.61 Å². The molecule has 0 N–H and O–H groups in total. The van der Waals surface area contributed by atoms with Crippen LogP contribution in [0, 0.1) is 6.92 Å². The number of aryl methyl sites for hydroxylation is 1. The molecule has 1 amide bonds. The summed E-state index contributed by atoms with van der Waals surface area (Å²) in [4.78, 5) is 34.6. The standard InChI is InChI=1S/C26H27N5O4S/c1-18-6-5-7-20(14-18)35-17-24(33)30-12-10-29(11-13-30)16-19-15-23(32)31-26(27-19)36-25(28-31)21-8-3-4-9-22(21)34-2/h3-9,14-15H,10-13,16-17H2,1-2H3. The van der Waals surface area contributed by atoms with Gasteiger partial charge in [-0.3, -0.25) is 14.5 Å². The number of carbonyl (C=O) groups is 1. The van der Waals surface area contributed by atoms with Crippen LogP contribution in [0.15, 0.2) is 59.4 Å². The molecular formula is C26H27N5O4S. The molecule has 9 nitrogen and oxygen atoms in total. The predicted octanol–water partition coefficient (Wildman–Crippen LogP) is 2.86. The summed E-state index contributed by atoms with van der Waals surface area (Å²) in [6, 6.07) is 16.8. The highest BCUT2D eigenvalue weighted by molar-refractivity contribution is 7.19. The smallest absolute Gasteiger partial charge is 0.275 e. The molecule has 0 radical (unpaired) electrons. The van der Waals surface area contributed by atoms with E-state index in [0.717, 1.165) is 11.1 Å². The van der Waals surface area contributed by atoms with Gasteiger partial charge in [0, 0.05) is 38.8 Å². The van der Waals surface area contributed by atoms with Gasteiger partial charge in [0.15, 0.2) is 11.6 Å². The minimum Gasteiger partial charge on any atom is -0.496 e. The maximum Gasteiger partial charge on any atom is 0.275 e. The van der Waals surface area contributed by atoms with Crippen LogP contribution in [-0.2, 0) is 11.3 Å². The van der Waals surface area contributed by atoms with Crippen molar-refractivity contribution in [3.8, 4) is 22.1 Å². The van der Waals surface area contributed by atoms with E-state index in [2.05, 4.69) is 10.00 Å². The third-order valence-electron chi connectivity index (χ3n) is 6.10. The first-order chi connectivity index (χ1) is 17.5. The molecule has 10 heteroatoms. The van der Waals surface area contributed by atoms with Gasteiger partial charge in [0.25, 0.3) is 11.5 Å². The Morgan fingerprint density at radius 1 is 1.06 bits per heavy atom. The van der Waals surface area contributed by atoms with Gasteiger partial charge in [0.1, 0.15) is 11.5 Å². The molecule has 1 aliphatic heterocycles. The Hall–Kier alpha value is -3.76. The zero-order valence-electron chi connectivity index (χ0n) is 20.2. The molecule has 4 aromatic rings. The number of para-hydroxylation sites is 1. The van der Waals surface area contributed by atoms with E-state index in [0.29, 0.717) is 59.9 Å². The summed E-state index contributed by atoms with van der Waals surface area (Å²) in [6.45, 7) is 5.17. The van der Waals surface area contributed by atoms with Crippen LogP contribution in [0.3, 0.4) is 0 Å². The molecular weight excluding hydrogens is 478 g/mol. The second-order valence-electron chi connectivity index (χ2n) is 8.65. The quantitative estimate of drug-likeness (QED) is 0.382. The lowest BCUT2D eigenvalue weighted by molar-refractivity contribution is -0.135. The zero-order chi connectivity index (χ0) is 25.1. The van der Waals surface area contributed by atoms with Gasteiger partial charge in [0.05, 0.1) is 18.4 Å². The fraction of sp³-hybridized carbons (Fsp3) is 0.308. The van der Waals surface area contributed by atoms with Crippen LogP contribution in [0.2, 0.25) is 0 Å². The van der Waals surface area contributed by atoms with Crippen molar-refractivity contribution in [2.75, 3.05) is 39.9 Å². The van der Waals surface area contributed by atoms with E-state index in [4.69, 9.17) is 14.5 Å². The number of piperazine rings is 1. The van der Waals surface area contributed by atoms with Crippen LogP contribution in [0.4, 0.5) is 0 Å². The van der Waals surface area contributed by atoms with Crippen molar-refractivity contribution in [2.24, 2.45) is 0 Å². The van der Waals surface area contributed by atoms with Crippen molar-refractivity contribution in [3.63, 3.8) is 0 Å². The van der Waals surface area contributed by atoms with Crippen molar-refractivity contribution in [1.82, 2.24) is 24.4 Å². The van der Waals surface area contributed by atoms with E-state index in [9.17, 15) is 9.59 Å². The topological polar surface area (TPSA) is 89.3 Å². The summed E-state index contributed by atoms with van der Waals surface area (Å²) in [5.74, 6) is 1.37. The molecule has 0 saturated carbocycles. The van der Waals surface area contributed by atoms with Crippen LogP contribution in [0.5, 0.6) is 11.5 Å². The molecule has 5 rings (SSSR count). The number of hydrogen-bond acceptors (Lipinski definition) is 8. The summed E-state index contributed by atoms with van der Waals surface area (Å²) in [5.41, 5.74) is 2.39. The van der Waals surface area contributed by atoms with Gasteiger partial charge >= 0.3 is 0 Å². The molecule has 36 heavy (non-hydrogen) atoms. The maximum atomic E-state index is 12.7. The number of methoxy groups -OCH3 is 1. The summed E-state index contributed by atoms with van der Waals surface area (Å²) >= 11 is 1.35. The van der Waals surface area contributed by atoms with Gasteiger partial charge in [-0.05, 0) is 36.8 Å². The van der Waals surface area contributed by atoms with Crippen LogP contribution in [0.1, 0.15) is 11.3 Å². The first-order valence-corrected chi connectivity index (χ1v) is 12.5. The van der Waals surface area contributed by atoms with Crippen molar-refractivity contribution in [3.05, 3.63) is 76.2 Å². The first kappa shape index (κ1) is 24.0. The maximum absolute atomic E-state index is 12.7. The van der Waals surface area contributed by atoms with Crippen LogP contribution in [-0.4, -0.2) is 70.2 Å². The normalized spacial score (nSPS) is 14.2. The van der Waals surface area contributed by atoms with Gasteiger partial charge < -0.3 is 14.4 Å². The van der Waals surface area contributed by atoms with Gasteiger partial charge in [0.2, 0.25) is 4.96 Å². The minimum absolute atomic E-state index is 0.0255. The number of rotatable bonds is 7. The Kier molecular flexibility index (Phi) is 6.97. The largest absolute Gasteiger partial charge is 0.496 e. The van der Waals surface area contributed by atoms with Gasteiger partial charge in [-0.1, -0.05) is 35.6 Å². The molecule has 0 atom stereocenters. The van der Waals surface area contributed by atoms with E-state index in [-0.39, 0.29) is 18.1 Å². The molecule has 1 aliphatic rings. The molecule has 2 aromatic carbocycles. The summed E-state index contributed by atoms with van der Waals surface area (Å²) in [5, 5.41) is 5.14. The summed E-state index contributed by atoms with van der Waals surface area (Å²) < 4.78 is 12.4. The summed E-state index contributed by atoms with van der Waals surface area (Å²) in [7, 11) is 1.61. The Bertz CT molecular complexity index is 1440. The third kappa shape index (κ3) is 5.24. The van der Waals surface area contributed by atoms with Crippen LogP contribution < -0.4 is 15.0 Å². The highest BCUT2D eigenvalue weighted by atomic mass is 32.1. The molecule has 0 aliphatic carbocycles. The minimum atomic E-state index is -0.213. The van der Waals surface area contributed by atoms with Crippen molar-refractivity contribution in [2.45, 2.75) is 13.5 Å². The Labute approximate surface area is 212 Å². The number of carbonyl (C=O) groups excluding carboxylic acids is 1. The van der Waals surface area contributed by atoms with Crippen LogP contribution in [0.25, 0.3) is 15.5 Å². The second-order valence-corrected chi connectivity index (χ2v) is 9.61. The monoisotopic (exact) mass is 505 g/mol. The lowest BCUT2D eigenvalue weighted by Crippen LogP contribution is -2.49. The van der Waals surface area contributed by atoms with E-state index < -0.39 is 0 Å². The molecule has 0 bridgehead atoms. The first-order valence-electron chi connectivity index (χ1n) is 11.7. The molecule has 0 spiro atoms. The number of amides is 1. The molecule has 1 fully saturated rings. The molecule has 3 heterocycles. The lowest BCUT2D eigenvalue weighted by atomic mass is 10.2. The Morgan fingerprint density at radius 3 is 2.64 bits per heavy atom. The number of benzene rings is 2. The molecule has 186 valence electrons. The molecule has 0 unspecified atom stereocenters. The second kappa shape index (κ2) is 10.5. The van der Waals surface area contributed by atoms with Crippen LogP contribution >= 0.6 is 11.3 Å². The predicted molar refractivity (Wildman–Crippen MR) is 138 cm³/mol. The van der Waals surface area contributed by atoms with Crippen molar-refractivity contribution < 1.29 is 14.3 Å². The van der Waals surface area contributed by atoms with Crippen molar-refractivity contribution >= 4 is 22.2 Å². The van der Waals surface area contributed by atoms with E-state index in [1.807, 2.05) is 60.4 Å². The Morgan fingerprint density at radius 2 is 1.86 bits per heavy atom. The highest BCUT2D eigenvalue weighted by Gasteiger charge is 2.22. The highest BCUT2D eigenvalue weighted by Crippen LogP contribution is 2.32. The van der Waals surface area contributed by atoms with Gasteiger partial charge in [-0.15, -0.1) is 0 Å². The zero-order valence-corrected chi connectivity index (χ0v) is 21.0. The number of ether oxygens (including phenoxy) is 2. The van der Waals surface area contributed by atoms with E-state index in [1.54, 1.807) is 7.11 Å². The van der Waals surface area contributed by atoms with E-state index in [1.165, 1.54) is 21.9 Å².